The summed E-state index contributed by atoms with van der Waals surface area (Å²) in [5, 5.41) is 11.6. The van der Waals surface area contributed by atoms with Gasteiger partial charge in [-0.2, -0.15) is 0 Å². The molecule has 0 spiro atoms. The first-order valence-electron chi connectivity index (χ1n) is 5.65. The van der Waals surface area contributed by atoms with Crippen molar-refractivity contribution < 1.29 is 5.21 Å². The van der Waals surface area contributed by atoms with Crippen molar-refractivity contribution in [2.45, 2.75) is 19.9 Å². The fourth-order valence-electron chi connectivity index (χ4n) is 1.69. The highest BCUT2D eigenvalue weighted by molar-refractivity contribution is 5.94. The van der Waals surface area contributed by atoms with Gasteiger partial charge >= 0.3 is 0 Å². The van der Waals surface area contributed by atoms with E-state index in [1.165, 1.54) is 23.2 Å². The van der Waals surface area contributed by atoms with Crippen molar-refractivity contribution in [3.8, 4) is 5.82 Å². The van der Waals surface area contributed by atoms with Crippen molar-refractivity contribution in [1.29, 1.82) is 0 Å². The summed E-state index contributed by atoms with van der Waals surface area (Å²) in [6.45, 7) is 3.78. The minimum atomic E-state index is -0.275. The normalized spacial score (nSPS) is 12.1. The molecular weight excluding hydrogens is 248 g/mol. The molecule has 2 aromatic heterocycles. The summed E-state index contributed by atoms with van der Waals surface area (Å²) < 4.78 is 2.93. The first-order chi connectivity index (χ1) is 9.06. The first kappa shape index (κ1) is 12.8. The van der Waals surface area contributed by atoms with Gasteiger partial charge in [0.1, 0.15) is 0 Å². The van der Waals surface area contributed by atoms with Crippen molar-refractivity contribution in [3.63, 3.8) is 0 Å². The van der Waals surface area contributed by atoms with E-state index < -0.39 is 0 Å². The van der Waals surface area contributed by atoms with Crippen LogP contribution in [0.2, 0.25) is 0 Å². The first-order valence-corrected chi connectivity index (χ1v) is 5.65. The van der Waals surface area contributed by atoms with Gasteiger partial charge in [-0.05, 0) is 13.8 Å². The number of rotatable bonds is 3. The van der Waals surface area contributed by atoms with Gasteiger partial charge in [0.05, 0.1) is 0 Å². The molecule has 0 aliphatic carbocycles. The summed E-state index contributed by atoms with van der Waals surface area (Å²) in [7, 11) is 0. The largest absolute Gasteiger partial charge is 0.409 e. The van der Waals surface area contributed by atoms with Gasteiger partial charge in [-0.25, -0.2) is 9.97 Å². The molecule has 2 aromatic rings. The molecule has 8 heteroatoms. The second-order valence-electron chi connectivity index (χ2n) is 4.16. The van der Waals surface area contributed by atoms with Gasteiger partial charge in [0.15, 0.2) is 5.82 Å². The Morgan fingerprint density at radius 2 is 2.05 bits per heavy atom. The molecular formula is C11H14N6O2. The lowest BCUT2D eigenvalue weighted by molar-refractivity contribution is 0.318. The molecule has 8 nitrogen and oxygen atoms in total. The molecule has 0 saturated heterocycles. The van der Waals surface area contributed by atoms with E-state index in [1.807, 2.05) is 13.8 Å². The third-order valence-electron chi connectivity index (χ3n) is 2.61. The summed E-state index contributed by atoms with van der Waals surface area (Å²) in [4.78, 5) is 20.3. The van der Waals surface area contributed by atoms with Crippen LogP contribution >= 0.6 is 0 Å². The van der Waals surface area contributed by atoms with Crippen LogP contribution in [0.1, 0.15) is 25.7 Å². The van der Waals surface area contributed by atoms with Gasteiger partial charge in [0.2, 0.25) is 11.7 Å². The van der Waals surface area contributed by atoms with Crippen LogP contribution in [0.25, 0.3) is 5.82 Å². The fraction of sp³-hybridized carbons (Fsp3) is 0.273. The highest BCUT2D eigenvalue weighted by Gasteiger charge is 2.15. The third kappa shape index (κ3) is 2.19. The molecule has 19 heavy (non-hydrogen) atoms. The molecule has 0 atom stereocenters. The van der Waals surface area contributed by atoms with E-state index in [4.69, 9.17) is 10.9 Å². The maximum atomic E-state index is 12.3. The van der Waals surface area contributed by atoms with Crippen LogP contribution in [0.5, 0.6) is 0 Å². The van der Waals surface area contributed by atoms with Crippen molar-refractivity contribution in [1.82, 2.24) is 19.1 Å². The summed E-state index contributed by atoms with van der Waals surface area (Å²) in [6, 6.07) is 0.00470. The molecule has 2 heterocycles. The molecule has 2 rings (SSSR count). The highest BCUT2D eigenvalue weighted by Crippen LogP contribution is 2.05. The van der Waals surface area contributed by atoms with Crippen molar-refractivity contribution in [3.05, 3.63) is 41.0 Å². The topological polar surface area (TPSA) is 111 Å². The van der Waals surface area contributed by atoms with Crippen molar-refractivity contribution in [2.75, 3.05) is 0 Å². The summed E-state index contributed by atoms with van der Waals surface area (Å²) in [5.74, 6) is 0.120. The van der Waals surface area contributed by atoms with Crippen molar-refractivity contribution in [2.24, 2.45) is 10.9 Å². The smallest absolute Gasteiger partial charge is 0.294 e. The molecule has 0 unspecified atom stereocenters. The number of oxime groups is 1. The minimum Gasteiger partial charge on any atom is -0.409 e. The standard InChI is InChI=1S/C11H14N6O2/c1-7(2)16-5-3-14-10(11(16)18)17-6-4-13-9(17)8(12)15-19/h3-7,19H,1-2H3,(H2,12,15). The van der Waals surface area contributed by atoms with Crippen LogP contribution in [0.4, 0.5) is 0 Å². The lowest BCUT2D eigenvalue weighted by Gasteiger charge is -2.11. The van der Waals surface area contributed by atoms with Gasteiger partial charge < -0.3 is 15.5 Å². The second-order valence-corrected chi connectivity index (χ2v) is 4.16. The average Bonchev–Trinajstić information content (AvgIpc) is 2.86. The van der Waals surface area contributed by atoms with Crippen molar-refractivity contribution >= 4 is 5.84 Å². The summed E-state index contributed by atoms with van der Waals surface area (Å²) in [6.07, 6.45) is 6.10. The van der Waals surface area contributed by atoms with Gasteiger partial charge in [0.25, 0.3) is 5.56 Å². The maximum Gasteiger partial charge on any atom is 0.294 e. The van der Waals surface area contributed by atoms with Crippen LogP contribution < -0.4 is 11.3 Å². The summed E-state index contributed by atoms with van der Waals surface area (Å²) >= 11 is 0. The monoisotopic (exact) mass is 262 g/mol. The molecule has 0 fully saturated rings. The van der Waals surface area contributed by atoms with Gasteiger partial charge in [-0.3, -0.25) is 9.36 Å². The predicted molar refractivity (Wildman–Crippen MR) is 68.5 cm³/mol. The predicted octanol–water partition coefficient (Wildman–Crippen LogP) is 0.104. The molecule has 0 radical (unpaired) electrons. The van der Waals surface area contributed by atoms with E-state index in [2.05, 4.69) is 15.1 Å². The number of hydrogen-bond acceptors (Lipinski definition) is 5. The zero-order valence-corrected chi connectivity index (χ0v) is 10.6. The Bertz CT molecular complexity index is 670. The molecule has 0 aliphatic heterocycles. The molecule has 0 amide bonds. The van der Waals surface area contributed by atoms with Gasteiger partial charge in [-0.15, -0.1) is 0 Å². The quantitative estimate of drug-likeness (QED) is 0.353. The SMILES string of the molecule is CC(C)n1ccnc(-n2ccnc2C(N)=NO)c1=O. The molecule has 0 saturated carbocycles. The number of nitrogens with two attached hydrogens (primary N) is 1. The van der Waals surface area contributed by atoms with E-state index in [0.29, 0.717) is 0 Å². The Labute approximate surface area is 108 Å². The molecule has 0 aliphatic rings. The minimum absolute atomic E-state index is 0.00470. The Morgan fingerprint density at radius 3 is 2.68 bits per heavy atom. The third-order valence-corrected chi connectivity index (χ3v) is 2.61. The molecule has 0 bridgehead atoms. The van der Waals surface area contributed by atoms with E-state index >= 15 is 0 Å². The van der Waals surface area contributed by atoms with E-state index in [1.54, 1.807) is 10.8 Å². The fourth-order valence-corrected chi connectivity index (χ4v) is 1.69. The van der Waals surface area contributed by atoms with Gasteiger partial charge in [-0.1, -0.05) is 5.16 Å². The van der Waals surface area contributed by atoms with Crippen LogP contribution in [-0.4, -0.2) is 30.1 Å². The lowest BCUT2D eigenvalue weighted by atomic mass is 10.4. The van der Waals surface area contributed by atoms with Crippen LogP contribution in [0, 0.1) is 0 Å². The molecule has 3 N–H and O–H groups in total. The number of imidazole rings is 1. The Hall–Kier alpha value is -2.64. The van der Waals surface area contributed by atoms with Crippen LogP contribution in [-0.2, 0) is 0 Å². The number of nitrogens with zero attached hydrogens (tertiary/aromatic N) is 5. The molecule has 100 valence electrons. The van der Waals surface area contributed by atoms with Crippen LogP contribution in [0.3, 0.4) is 0 Å². The Morgan fingerprint density at radius 1 is 1.37 bits per heavy atom. The average molecular weight is 262 g/mol. The lowest BCUT2D eigenvalue weighted by Crippen LogP contribution is -2.29. The zero-order chi connectivity index (χ0) is 14.0. The van der Waals surface area contributed by atoms with Crippen LogP contribution in [0.15, 0.2) is 34.7 Å². The van der Waals surface area contributed by atoms with E-state index in [-0.39, 0.29) is 29.1 Å². The molecule has 0 aromatic carbocycles. The van der Waals surface area contributed by atoms with E-state index in [0.717, 1.165) is 0 Å². The Kier molecular flexibility index (Phi) is 3.32. The number of aromatic nitrogens is 4. The second kappa shape index (κ2) is 4.92. The summed E-state index contributed by atoms with van der Waals surface area (Å²) in [5.41, 5.74) is 5.23. The highest BCUT2D eigenvalue weighted by atomic mass is 16.4. The number of hydrogen-bond donors (Lipinski definition) is 2. The van der Waals surface area contributed by atoms with Gasteiger partial charge in [0, 0.05) is 30.8 Å². The van der Waals surface area contributed by atoms with E-state index in [9.17, 15) is 4.79 Å². The maximum absolute atomic E-state index is 12.3. The zero-order valence-electron chi connectivity index (χ0n) is 10.6. The Balaban J connectivity index is 2.64. The number of amidine groups is 1.